The second kappa shape index (κ2) is 3.30. The number of tetrazole rings is 1. The highest BCUT2D eigenvalue weighted by atomic mass is 15.5. The Morgan fingerprint density at radius 2 is 2.14 bits per heavy atom. The summed E-state index contributed by atoms with van der Waals surface area (Å²) >= 11 is 0. The van der Waals surface area contributed by atoms with E-state index >= 15 is 0 Å². The van der Waals surface area contributed by atoms with Gasteiger partial charge in [0.2, 0.25) is 0 Å². The van der Waals surface area contributed by atoms with Gasteiger partial charge >= 0.3 is 0 Å². The SMILES string of the molecule is CC(N)C(C)c1cncc2nnnn12. The number of rotatable bonds is 2. The van der Waals surface area contributed by atoms with Gasteiger partial charge in [-0.05, 0) is 17.4 Å². The Bertz CT molecular complexity index is 434. The fraction of sp³-hybridized carbons (Fsp3) is 0.500. The molecule has 2 heterocycles. The van der Waals surface area contributed by atoms with Gasteiger partial charge in [-0.15, -0.1) is 5.10 Å². The minimum Gasteiger partial charge on any atom is -0.327 e. The van der Waals surface area contributed by atoms with E-state index in [2.05, 4.69) is 20.5 Å². The van der Waals surface area contributed by atoms with Crippen molar-refractivity contribution >= 4 is 5.65 Å². The Kier molecular flexibility index (Phi) is 2.12. The maximum absolute atomic E-state index is 5.82. The first-order valence-electron chi connectivity index (χ1n) is 4.47. The van der Waals surface area contributed by atoms with Gasteiger partial charge in [0.25, 0.3) is 0 Å². The molecule has 14 heavy (non-hydrogen) atoms. The van der Waals surface area contributed by atoms with Crippen molar-refractivity contribution in [1.29, 1.82) is 0 Å². The van der Waals surface area contributed by atoms with E-state index < -0.39 is 0 Å². The highest BCUT2D eigenvalue weighted by molar-refractivity contribution is 5.33. The lowest BCUT2D eigenvalue weighted by atomic mass is 10.0. The molecule has 0 spiro atoms. The summed E-state index contributed by atoms with van der Waals surface area (Å²) in [4.78, 5) is 4.07. The number of hydrogen-bond acceptors (Lipinski definition) is 5. The van der Waals surface area contributed by atoms with Gasteiger partial charge in [0, 0.05) is 18.2 Å². The fourth-order valence-corrected chi connectivity index (χ4v) is 1.27. The zero-order chi connectivity index (χ0) is 10.1. The van der Waals surface area contributed by atoms with Crippen molar-refractivity contribution in [2.75, 3.05) is 0 Å². The Morgan fingerprint density at radius 3 is 2.86 bits per heavy atom. The molecule has 0 saturated heterocycles. The topological polar surface area (TPSA) is 82.0 Å². The second-order valence-corrected chi connectivity index (χ2v) is 3.43. The molecule has 0 saturated carbocycles. The van der Waals surface area contributed by atoms with E-state index in [1.165, 1.54) is 0 Å². The van der Waals surface area contributed by atoms with Gasteiger partial charge in [0.05, 0.1) is 11.9 Å². The molecular formula is C8H12N6. The molecular weight excluding hydrogens is 180 g/mol. The standard InChI is InChI=1S/C8H12N6/c1-5(6(2)9)7-3-10-4-8-11-12-13-14(7)8/h3-6H,9H2,1-2H3. The quantitative estimate of drug-likeness (QED) is 0.722. The summed E-state index contributed by atoms with van der Waals surface area (Å²) in [5.74, 6) is 0.176. The molecule has 0 amide bonds. The van der Waals surface area contributed by atoms with E-state index in [1.54, 1.807) is 16.9 Å². The Morgan fingerprint density at radius 1 is 1.36 bits per heavy atom. The average Bonchev–Trinajstić information content (AvgIpc) is 2.63. The lowest BCUT2D eigenvalue weighted by molar-refractivity contribution is 0.575. The molecule has 6 heteroatoms. The molecule has 0 bridgehead atoms. The molecule has 2 N–H and O–H groups in total. The molecule has 6 nitrogen and oxygen atoms in total. The maximum atomic E-state index is 5.82. The van der Waals surface area contributed by atoms with E-state index in [0.717, 1.165) is 5.69 Å². The Hall–Kier alpha value is -1.56. The van der Waals surface area contributed by atoms with Crippen molar-refractivity contribution in [3.8, 4) is 0 Å². The van der Waals surface area contributed by atoms with Crippen molar-refractivity contribution in [1.82, 2.24) is 25.0 Å². The molecule has 2 rings (SSSR count). The molecule has 0 radical (unpaired) electrons. The van der Waals surface area contributed by atoms with Crippen molar-refractivity contribution in [3.63, 3.8) is 0 Å². The second-order valence-electron chi connectivity index (χ2n) is 3.43. The van der Waals surface area contributed by atoms with Crippen LogP contribution in [0.4, 0.5) is 0 Å². The Balaban J connectivity index is 2.56. The first kappa shape index (κ1) is 9.01. The largest absolute Gasteiger partial charge is 0.327 e. The molecule has 0 aliphatic rings. The van der Waals surface area contributed by atoms with E-state index in [4.69, 9.17) is 5.73 Å². The van der Waals surface area contributed by atoms with Crippen LogP contribution in [0.3, 0.4) is 0 Å². The van der Waals surface area contributed by atoms with Crippen LogP contribution in [-0.2, 0) is 0 Å². The average molecular weight is 192 g/mol. The van der Waals surface area contributed by atoms with E-state index in [-0.39, 0.29) is 12.0 Å². The molecule has 0 fully saturated rings. The van der Waals surface area contributed by atoms with Gasteiger partial charge in [-0.3, -0.25) is 4.98 Å². The number of nitrogens with zero attached hydrogens (tertiary/aromatic N) is 5. The van der Waals surface area contributed by atoms with E-state index in [9.17, 15) is 0 Å². The molecule has 0 aromatic carbocycles. The van der Waals surface area contributed by atoms with Crippen molar-refractivity contribution in [2.24, 2.45) is 5.73 Å². The lowest BCUT2D eigenvalue weighted by Gasteiger charge is -2.15. The van der Waals surface area contributed by atoms with E-state index in [1.807, 2.05) is 13.8 Å². The molecule has 74 valence electrons. The number of hydrogen-bond donors (Lipinski definition) is 1. The van der Waals surface area contributed by atoms with Crippen molar-refractivity contribution in [3.05, 3.63) is 18.1 Å². The van der Waals surface area contributed by atoms with Crippen LogP contribution in [0.1, 0.15) is 25.5 Å². The zero-order valence-corrected chi connectivity index (χ0v) is 8.12. The molecule has 0 aliphatic carbocycles. The predicted molar refractivity (Wildman–Crippen MR) is 50.6 cm³/mol. The van der Waals surface area contributed by atoms with Gasteiger partial charge in [-0.1, -0.05) is 6.92 Å². The summed E-state index contributed by atoms with van der Waals surface area (Å²) < 4.78 is 1.67. The van der Waals surface area contributed by atoms with Crippen molar-refractivity contribution < 1.29 is 0 Å². The first-order chi connectivity index (χ1) is 6.70. The summed E-state index contributed by atoms with van der Waals surface area (Å²) in [6.07, 6.45) is 3.37. The monoisotopic (exact) mass is 192 g/mol. The summed E-state index contributed by atoms with van der Waals surface area (Å²) in [6, 6.07) is 0.0478. The van der Waals surface area contributed by atoms with Crippen LogP contribution in [0, 0.1) is 0 Å². The van der Waals surface area contributed by atoms with Crippen LogP contribution in [-0.4, -0.2) is 31.1 Å². The minimum absolute atomic E-state index is 0.0478. The van der Waals surface area contributed by atoms with E-state index in [0.29, 0.717) is 5.65 Å². The third-order valence-electron chi connectivity index (χ3n) is 2.39. The van der Waals surface area contributed by atoms with Gasteiger partial charge in [-0.2, -0.15) is 4.52 Å². The minimum atomic E-state index is 0.0478. The van der Waals surface area contributed by atoms with Gasteiger partial charge in [0.1, 0.15) is 0 Å². The number of nitrogens with two attached hydrogens (primary N) is 1. The molecule has 2 atom stereocenters. The van der Waals surface area contributed by atoms with Gasteiger partial charge in [-0.25, -0.2) is 0 Å². The van der Waals surface area contributed by atoms with Crippen LogP contribution >= 0.6 is 0 Å². The molecule has 0 aliphatic heterocycles. The summed E-state index contributed by atoms with van der Waals surface area (Å²) in [7, 11) is 0. The highest BCUT2D eigenvalue weighted by Crippen LogP contribution is 2.16. The first-order valence-corrected chi connectivity index (χ1v) is 4.47. The highest BCUT2D eigenvalue weighted by Gasteiger charge is 2.15. The smallest absolute Gasteiger partial charge is 0.197 e. The van der Waals surface area contributed by atoms with Crippen LogP contribution in [0.2, 0.25) is 0 Å². The van der Waals surface area contributed by atoms with Crippen LogP contribution in [0.15, 0.2) is 12.4 Å². The van der Waals surface area contributed by atoms with Gasteiger partial charge in [0.15, 0.2) is 5.65 Å². The molecule has 2 aromatic heterocycles. The normalized spacial score (nSPS) is 15.6. The Labute approximate surface area is 81.1 Å². The van der Waals surface area contributed by atoms with Crippen LogP contribution in [0.5, 0.6) is 0 Å². The summed E-state index contributed by atoms with van der Waals surface area (Å²) in [5.41, 5.74) is 7.40. The van der Waals surface area contributed by atoms with Gasteiger partial charge < -0.3 is 5.73 Å². The lowest BCUT2D eigenvalue weighted by Crippen LogP contribution is -2.24. The maximum Gasteiger partial charge on any atom is 0.197 e. The zero-order valence-electron chi connectivity index (χ0n) is 8.12. The third-order valence-corrected chi connectivity index (χ3v) is 2.39. The fourth-order valence-electron chi connectivity index (χ4n) is 1.27. The number of aromatic nitrogens is 5. The predicted octanol–water partition coefficient (Wildman–Crippen LogP) is -0.0300. The van der Waals surface area contributed by atoms with Crippen molar-refractivity contribution in [2.45, 2.75) is 25.8 Å². The van der Waals surface area contributed by atoms with Crippen LogP contribution < -0.4 is 5.73 Å². The molecule has 2 aromatic rings. The summed E-state index contributed by atoms with van der Waals surface area (Å²) in [5, 5.41) is 11.3. The summed E-state index contributed by atoms with van der Waals surface area (Å²) in [6.45, 7) is 3.98. The molecule has 2 unspecified atom stereocenters. The third kappa shape index (κ3) is 1.33. The van der Waals surface area contributed by atoms with Crippen LogP contribution in [0.25, 0.3) is 5.65 Å². The number of fused-ring (bicyclic) bond motifs is 1.